The van der Waals surface area contributed by atoms with Crippen LogP contribution in [0.25, 0.3) is 22.3 Å². The lowest BCUT2D eigenvalue weighted by Gasteiger charge is -2.41. The number of benzene rings is 2. The van der Waals surface area contributed by atoms with E-state index in [2.05, 4.69) is 0 Å². The van der Waals surface area contributed by atoms with Gasteiger partial charge >= 0.3 is 0 Å². The molecule has 2 saturated heterocycles. The molecule has 2 aromatic carbocycles. The Morgan fingerprint density at radius 2 is 1.59 bits per heavy atom. The summed E-state index contributed by atoms with van der Waals surface area (Å²) >= 11 is 0. The predicted molar refractivity (Wildman–Crippen MR) is 137 cm³/mol. The largest absolute Gasteiger partial charge is 0.508 e. The Hall–Kier alpha value is -3.31. The first-order chi connectivity index (χ1) is 19.6. The topological polar surface area (TPSA) is 218 Å². The van der Waals surface area contributed by atoms with Crippen LogP contribution in [0.1, 0.15) is 0 Å². The summed E-state index contributed by atoms with van der Waals surface area (Å²) in [4.78, 5) is 13.2. The van der Waals surface area contributed by atoms with E-state index in [0.717, 1.165) is 0 Å². The first-order valence-electron chi connectivity index (χ1n) is 12.7. The van der Waals surface area contributed by atoms with Gasteiger partial charge in [-0.1, -0.05) is 0 Å². The van der Waals surface area contributed by atoms with Gasteiger partial charge in [-0.25, -0.2) is 0 Å². The molecule has 0 saturated carbocycles. The Kier molecular flexibility index (Phi) is 8.47. The van der Waals surface area contributed by atoms with Gasteiger partial charge in [0.1, 0.15) is 76.7 Å². The van der Waals surface area contributed by atoms with Crippen molar-refractivity contribution in [2.45, 2.75) is 55.3 Å². The Labute approximate surface area is 232 Å². The van der Waals surface area contributed by atoms with Crippen molar-refractivity contribution in [2.24, 2.45) is 0 Å². The zero-order valence-electron chi connectivity index (χ0n) is 21.6. The molecular weight excluding hydrogens is 548 g/mol. The summed E-state index contributed by atoms with van der Waals surface area (Å²) in [7, 11) is 1.38. The maximum atomic E-state index is 13.2. The van der Waals surface area contributed by atoms with Gasteiger partial charge in [0.05, 0.1) is 20.3 Å². The molecule has 2 aliphatic heterocycles. The highest BCUT2D eigenvalue weighted by Gasteiger charge is 2.46. The molecule has 3 heterocycles. The highest BCUT2D eigenvalue weighted by Crippen LogP contribution is 2.34. The van der Waals surface area contributed by atoms with Crippen LogP contribution in [0.2, 0.25) is 0 Å². The van der Waals surface area contributed by atoms with E-state index >= 15 is 0 Å². The SMILES string of the molecule is COc1cc(O[C@H]2O[C@@H](CO[C@H]3OC[C@@H](O)[C@H](O)[C@H]3O)[C@H](O)[C@@H](O)[C@@H]2O)c2c(=O)cc(-c3ccc(O)cc3)oc2c1. The van der Waals surface area contributed by atoms with E-state index in [0.29, 0.717) is 5.56 Å². The van der Waals surface area contributed by atoms with Crippen molar-refractivity contribution in [2.75, 3.05) is 20.3 Å². The van der Waals surface area contributed by atoms with Gasteiger partial charge in [0, 0.05) is 23.8 Å². The van der Waals surface area contributed by atoms with Crippen molar-refractivity contribution in [3.63, 3.8) is 0 Å². The molecule has 1 aromatic heterocycles. The quantitative estimate of drug-likeness (QED) is 0.176. The summed E-state index contributed by atoms with van der Waals surface area (Å²) in [6.07, 6.45) is -13.9. The summed E-state index contributed by atoms with van der Waals surface area (Å²) in [5.41, 5.74) is 0.0824. The highest BCUT2D eigenvalue weighted by atomic mass is 16.7. The number of aromatic hydroxyl groups is 1. The fourth-order valence-electron chi connectivity index (χ4n) is 4.60. The van der Waals surface area contributed by atoms with Crippen LogP contribution in [0.5, 0.6) is 17.2 Å². The van der Waals surface area contributed by atoms with Crippen molar-refractivity contribution >= 4 is 11.0 Å². The second kappa shape index (κ2) is 11.9. The molecule has 0 bridgehead atoms. The Morgan fingerprint density at radius 1 is 0.878 bits per heavy atom. The van der Waals surface area contributed by atoms with Gasteiger partial charge in [-0.05, 0) is 24.3 Å². The average molecular weight is 579 g/mol. The van der Waals surface area contributed by atoms with E-state index in [-0.39, 0.29) is 40.6 Å². The van der Waals surface area contributed by atoms with E-state index in [1.165, 1.54) is 37.4 Å². The lowest BCUT2D eigenvalue weighted by Crippen LogP contribution is -2.61. The molecule has 0 spiro atoms. The van der Waals surface area contributed by atoms with Gasteiger partial charge < -0.3 is 63.8 Å². The van der Waals surface area contributed by atoms with Crippen LogP contribution in [0, 0.1) is 0 Å². The van der Waals surface area contributed by atoms with Crippen LogP contribution in [0.4, 0.5) is 0 Å². The van der Waals surface area contributed by atoms with Gasteiger partial charge in [-0.2, -0.15) is 0 Å². The number of rotatable bonds is 7. The minimum Gasteiger partial charge on any atom is -0.508 e. The molecule has 222 valence electrons. The van der Waals surface area contributed by atoms with Gasteiger partial charge in [0.2, 0.25) is 6.29 Å². The van der Waals surface area contributed by atoms with Crippen molar-refractivity contribution in [1.29, 1.82) is 0 Å². The molecule has 2 aliphatic rings. The van der Waals surface area contributed by atoms with Crippen LogP contribution in [-0.4, -0.2) is 111 Å². The van der Waals surface area contributed by atoms with Crippen molar-refractivity contribution in [1.82, 2.24) is 0 Å². The standard InChI is InChI=1S/C27H30O14/c1-36-13-6-17-20(14(29)8-16(39-17)11-2-4-12(28)5-3-11)18(7-13)40-27-25(35)23(33)22(32)19(41-27)10-38-26-24(34)21(31)15(30)9-37-26/h2-8,15,19,21-28,30-35H,9-10H2,1H3/t15-,19+,21+,22+,23-,24-,25+,26-,27+/m1/s1. The minimum absolute atomic E-state index is 0.0242. The number of hydrogen-bond acceptors (Lipinski definition) is 14. The first-order valence-corrected chi connectivity index (χ1v) is 12.7. The molecule has 7 N–H and O–H groups in total. The van der Waals surface area contributed by atoms with Crippen LogP contribution in [0.3, 0.4) is 0 Å². The van der Waals surface area contributed by atoms with Crippen LogP contribution in [0.15, 0.2) is 51.7 Å². The third kappa shape index (κ3) is 5.88. The van der Waals surface area contributed by atoms with Crippen molar-refractivity contribution in [3.8, 4) is 28.6 Å². The zero-order valence-corrected chi connectivity index (χ0v) is 21.6. The number of hydrogen-bond donors (Lipinski definition) is 7. The van der Waals surface area contributed by atoms with E-state index in [9.17, 15) is 40.5 Å². The van der Waals surface area contributed by atoms with Gasteiger partial charge in [-0.3, -0.25) is 4.79 Å². The number of methoxy groups -OCH3 is 1. The number of ether oxygens (including phenoxy) is 5. The molecule has 0 amide bonds. The Balaban J connectivity index is 1.40. The molecule has 0 radical (unpaired) electrons. The normalized spacial score (nSPS) is 32.1. The van der Waals surface area contributed by atoms with Gasteiger partial charge in [0.25, 0.3) is 0 Å². The van der Waals surface area contributed by atoms with Crippen LogP contribution < -0.4 is 14.9 Å². The molecule has 14 nitrogen and oxygen atoms in total. The minimum atomic E-state index is -1.76. The van der Waals surface area contributed by atoms with Crippen molar-refractivity contribution < 1.29 is 63.8 Å². The summed E-state index contributed by atoms with van der Waals surface area (Å²) in [5, 5.41) is 70.6. The van der Waals surface area contributed by atoms with Crippen LogP contribution >= 0.6 is 0 Å². The molecular formula is C27H30O14. The van der Waals surface area contributed by atoms with E-state index in [1.807, 2.05) is 0 Å². The number of phenols is 1. The maximum Gasteiger partial charge on any atom is 0.229 e. The molecule has 3 aromatic rings. The predicted octanol–water partition coefficient (Wildman–Crippen LogP) is -1.18. The molecule has 14 heteroatoms. The van der Waals surface area contributed by atoms with Gasteiger partial charge in [-0.15, -0.1) is 0 Å². The smallest absolute Gasteiger partial charge is 0.229 e. The summed E-state index contributed by atoms with van der Waals surface area (Å²) in [5.74, 6) is 0.362. The lowest BCUT2D eigenvalue weighted by molar-refractivity contribution is -0.307. The second-order valence-corrected chi connectivity index (χ2v) is 9.74. The van der Waals surface area contributed by atoms with E-state index in [1.54, 1.807) is 12.1 Å². The number of aliphatic hydroxyl groups excluding tert-OH is 6. The average Bonchev–Trinajstić information content (AvgIpc) is 2.96. The zero-order chi connectivity index (χ0) is 29.4. The summed E-state index contributed by atoms with van der Waals surface area (Å²) < 4.78 is 33.3. The third-order valence-corrected chi connectivity index (χ3v) is 6.95. The van der Waals surface area contributed by atoms with Crippen LogP contribution in [-0.2, 0) is 14.2 Å². The highest BCUT2D eigenvalue weighted by molar-refractivity contribution is 5.86. The molecule has 2 fully saturated rings. The summed E-state index contributed by atoms with van der Waals surface area (Å²) in [6.45, 7) is -0.795. The number of phenolic OH excluding ortho intramolecular Hbond substituents is 1. The number of fused-ring (bicyclic) bond motifs is 1. The van der Waals surface area contributed by atoms with E-state index in [4.69, 9.17) is 28.1 Å². The monoisotopic (exact) mass is 578 g/mol. The first kappa shape index (κ1) is 29.2. The maximum absolute atomic E-state index is 13.2. The number of aliphatic hydroxyl groups is 6. The molecule has 9 atom stereocenters. The molecule has 0 unspecified atom stereocenters. The van der Waals surface area contributed by atoms with Crippen molar-refractivity contribution in [3.05, 3.63) is 52.7 Å². The molecule has 0 aliphatic carbocycles. The fraction of sp³-hybridized carbons (Fsp3) is 0.444. The fourth-order valence-corrected chi connectivity index (χ4v) is 4.60. The molecule has 41 heavy (non-hydrogen) atoms. The third-order valence-electron chi connectivity index (χ3n) is 6.95. The summed E-state index contributed by atoms with van der Waals surface area (Å²) in [6, 6.07) is 10.1. The lowest BCUT2D eigenvalue weighted by atomic mass is 9.99. The molecule has 5 rings (SSSR count). The van der Waals surface area contributed by atoms with E-state index < -0.39 is 67.3 Å². The Bertz CT molecular complexity index is 1410. The van der Waals surface area contributed by atoms with Gasteiger partial charge in [0.15, 0.2) is 11.7 Å². The second-order valence-electron chi connectivity index (χ2n) is 9.74. The Morgan fingerprint density at radius 3 is 2.29 bits per heavy atom.